The Morgan fingerprint density at radius 1 is 1.00 bits per heavy atom. The number of pyridine rings is 1. The van der Waals surface area contributed by atoms with E-state index in [-0.39, 0.29) is 23.5 Å². The van der Waals surface area contributed by atoms with Crippen LogP contribution in [0.25, 0.3) is 16.6 Å². The highest BCUT2D eigenvalue weighted by Gasteiger charge is 2.16. The lowest BCUT2D eigenvalue weighted by atomic mass is 10.2. The first-order valence-electron chi connectivity index (χ1n) is 8.62. The molecule has 0 atom stereocenters. The molecule has 0 saturated carbocycles. The fourth-order valence-electron chi connectivity index (χ4n) is 3.39. The smallest absolute Gasteiger partial charge is 0.280 e. The summed E-state index contributed by atoms with van der Waals surface area (Å²) in [5.74, 6) is -0.379. The number of H-pyrrole nitrogens is 1. The number of hydrogen-bond donors (Lipinski definition) is 1. The van der Waals surface area contributed by atoms with Gasteiger partial charge in [-0.2, -0.15) is 0 Å². The quantitative estimate of drug-likeness (QED) is 0.607. The molecule has 4 rings (SSSR count). The van der Waals surface area contributed by atoms with Crippen molar-refractivity contribution in [3.05, 3.63) is 97.9 Å². The Morgan fingerprint density at radius 2 is 1.70 bits per heavy atom. The van der Waals surface area contributed by atoms with Gasteiger partial charge in [0, 0.05) is 17.3 Å². The third-order valence-electron chi connectivity index (χ3n) is 4.86. The molecule has 0 bridgehead atoms. The lowest BCUT2D eigenvalue weighted by Crippen LogP contribution is -2.24. The first-order valence-corrected chi connectivity index (χ1v) is 8.62. The number of fused-ring (bicyclic) bond motifs is 1. The average Bonchev–Trinajstić information content (AvgIpc) is 2.96. The van der Waals surface area contributed by atoms with Crippen molar-refractivity contribution in [1.82, 2.24) is 14.3 Å². The summed E-state index contributed by atoms with van der Waals surface area (Å²) in [4.78, 5) is 25.6. The molecule has 1 N–H and O–H groups in total. The Hall–Kier alpha value is -3.41. The molecule has 0 aliphatic rings. The van der Waals surface area contributed by atoms with Crippen molar-refractivity contribution in [2.75, 3.05) is 0 Å². The van der Waals surface area contributed by atoms with Crippen LogP contribution in [-0.4, -0.2) is 14.3 Å². The summed E-state index contributed by atoms with van der Waals surface area (Å²) in [7, 11) is 0. The van der Waals surface area contributed by atoms with Crippen LogP contribution in [0, 0.1) is 19.7 Å². The van der Waals surface area contributed by atoms with Crippen molar-refractivity contribution in [3.8, 4) is 5.69 Å². The minimum atomic E-state index is -0.379. The monoisotopic (exact) mass is 363 g/mol. The van der Waals surface area contributed by atoms with Gasteiger partial charge in [-0.1, -0.05) is 36.4 Å². The zero-order chi connectivity index (χ0) is 19.1. The molecule has 27 heavy (non-hydrogen) atoms. The van der Waals surface area contributed by atoms with Crippen LogP contribution in [0.2, 0.25) is 0 Å². The molecule has 0 aliphatic heterocycles. The van der Waals surface area contributed by atoms with E-state index in [0.717, 1.165) is 11.3 Å². The van der Waals surface area contributed by atoms with Gasteiger partial charge in [0.05, 0.1) is 23.1 Å². The van der Waals surface area contributed by atoms with Gasteiger partial charge in [-0.25, -0.2) is 9.07 Å². The highest BCUT2D eigenvalue weighted by Crippen LogP contribution is 2.17. The van der Waals surface area contributed by atoms with Crippen molar-refractivity contribution < 1.29 is 4.39 Å². The summed E-state index contributed by atoms with van der Waals surface area (Å²) < 4.78 is 16.9. The van der Waals surface area contributed by atoms with E-state index >= 15 is 0 Å². The van der Waals surface area contributed by atoms with E-state index in [9.17, 15) is 14.0 Å². The maximum absolute atomic E-state index is 14.0. The van der Waals surface area contributed by atoms with Crippen molar-refractivity contribution in [2.24, 2.45) is 0 Å². The zero-order valence-electron chi connectivity index (χ0n) is 15.0. The molecule has 0 unspecified atom stereocenters. The Balaban J connectivity index is 1.93. The number of para-hydroxylation sites is 1. The van der Waals surface area contributed by atoms with Crippen LogP contribution >= 0.6 is 0 Å². The fraction of sp³-hybridized carbons (Fsp3) is 0.143. The normalized spacial score (nSPS) is 11.2. The van der Waals surface area contributed by atoms with Gasteiger partial charge in [0.15, 0.2) is 0 Å². The van der Waals surface area contributed by atoms with Crippen molar-refractivity contribution in [1.29, 1.82) is 0 Å². The topological polar surface area (TPSA) is 59.8 Å². The van der Waals surface area contributed by atoms with Crippen molar-refractivity contribution in [2.45, 2.75) is 20.4 Å². The Labute approximate surface area is 154 Å². The van der Waals surface area contributed by atoms with Gasteiger partial charge in [-0.15, -0.1) is 0 Å². The van der Waals surface area contributed by atoms with E-state index in [1.54, 1.807) is 25.1 Å². The lowest BCUT2D eigenvalue weighted by molar-refractivity contribution is 0.594. The highest BCUT2D eigenvalue weighted by molar-refractivity contribution is 5.80. The first kappa shape index (κ1) is 17.0. The molecule has 0 aliphatic carbocycles. The van der Waals surface area contributed by atoms with E-state index in [2.05, 4.69) is 5.10 Å². The molecule has 5 nitrogen and oxygen atoms in total. The van der Waals surface area contributed by atoms with Crippen molar-refractivity contribution >= 4 is 10.9 Å². The van der Waals surface area contributed by atoms with Crippen LogP contribution < -0.4 is 11.1 Å². The Bertz CT molecular complexity index is 1280. The van der Waals surface area contributed by atoms with Gasteiger partial charge in [0.2, 0.25) is 0 Å². The molecule has 2 aromatic carbocycles. The fourth-order valence-corrected chi connectivity index (χ4v) is 3.39. The molecule has 0 spiro atoms. The number of rotatable bonds is 3. The third-order valence-corrected chi connectivity index (χ3v) is 4.86. The van der Waals surface area contributed by atoms with E-state index in [0.29, 0.717) is 22.2 Å². The van der Waals surface area contributed by atoms with Gasteiger partial charge >= 0.3 is 0 Å². The van der Waals surface area contributed by atoms with Gasteiger partial charge in [0.25, 0.3) is 11.1 Å². The molecular weight excluding hydrogens is 345 g/mol. The number of benzene rings is 2. The van der Waals surface area contributed by atoms with E-state index in [4.69, 9.17) is 0 Å². The standard InChI is InChI=1S/C21H18FN3O2/c1-13-7-3-6-10-18(13)25-21(27)20-14(2)24(19(26)11-17(20)23-25)12-15-8-4-5-9-16(15)22/h3-11,23H,12H2,1-2H3. The average molecular weight is 363 g/mol. The largest absolute Gasteiger partial charge is 0.307 e. The number of halogens is 1. The maximum Gasteiger partial charge on any atom is 0.280 e. The van der Waals surface area contributed by atoms with E-state index < -0.39 is 0 Å². The number of nitrogens with zero attached hydrogens (tertiary/aromatic N) is 2. The summed E-state index contributed by atoms with van der Waals surface area (Å²) in [5.41, 5.74) is 2.51. The van der Waals surface area contributed by atoms with Crippen LogP contribution in [0.5, 0.6) is 0 Å². The summed E-state index contributed by atoms with van der Waals surface area (Å²) >= 11 is 0. The van der Waals surface area contributed by atoms with Crippen molar-refractivity contribution in [3.63, 3.8) is 0 Å². The van der Waals surface area contributed by atoms with E-state index in [1.807, 2.05) is 31.2 Å². The second-order valence-corrected chi connectivity index (χ2v) is 6.57. The molecule has 6 heteroatoms. The number of hydrogen-bond acceptors (Lipinski definition) is 2. The molecule has 2 aromatic heterocycles. The summed E-state index contributed by atoms with van der Waals surface area (Å²) in [6, 6.07) is 15.2. The summed E-state index contributed by atoms with van der Waals surface area (Å²) in [6.07, 6.45) is 0. The number of aromatic nitrogens is 3. The molecule has 0 amide bonds. The van der Waals surface area contributed by atoms with Crippen LogP contribution in [0.3, 0.4) is 0 Å². The summed E-state index contributed by atoms with van der Waals surface area (Å²) in [6.45, 7) is 3.70. The third kappa shape index (κ3) is 2.79. The van der Waals surface area contributed by atoms with Crippen LogP contribution in [-0.2, 0) is 6.54 Å². The minimum absolute atomic E-state index is 0.0717. The van der Waals surface area contributed by atoms with Crippen LogP contribution in [0.1, 0.15) is 16.8 Å². The van der Waals surface area contributed by atoms with Gasteiger partial charge in [0.1, 0.15) is 5.82 Å². The molecular formula is C21H18FN3O2. The highest BCUT2D eigenvalue weighted by atomic mass is 19.1. The minimum Gasteiger partial charge on any atom is -0.307 e. The lowest BCUT2D eigenvalue weighted by Gasteiger charge is -2.10. The SMILES string of the molecule is Cc1ccccc1-n1[nH]c2cc(=O)n(Cc3ccccc3F)c(C)c2c1=O. The predicted molar refractivity (Wildman–Crippen MR) is 103 cm³/mol. The Kier molecular flexibility index (Phi) is 4.03. The second-order valence-electron chi connectivity index (χ2n) is 6.57. The van der Waals surface area contributed by atoms with Gasteiger partial charge in [-0.3, -0.25) is 14.7 Å². The molecule has 136 valence electrons. The molecule has 0 fully saturated rings. The molecule has 0 radical (unpaired) electrons. The van der Waals surface area contributed by atoms with Crippen LogP contribution in [0.4, 0.5) is 4.39 Å². The van der Waals surface area contributed by atoms with Gasteiger partial charge in [-0.05, 0) is 31.5 Å². The molecule has 2 heterocycles. The Morgan fingerprint density at radius 3 is 2.44 bits per heavy atom. The zero-order valence-corrected chi connectivity index (χ0v) is 15.0. The first-order chi connectivity index (χ1) is 13.0. The number of aromatic amines is 1. The molecule has 4 aromatic rings. The second kappa shape index (κ2) is 6.39. The maximum atomic E-state index is 14.0. The van der Waals surface area contributed by atoms with E-state index in [1.165, 1.54) is 21.4 Å². The predicted octanol–water partition coefficient (Wildman–Crippen LogP) is 3.28. The number of nitrogens with one attached hydrogen (secondary N) is 1. The van der Waals surface area contributed by atoms with Gasteiger partial charge < -0.3 is 4.57 Å². The molecule has 0 saturated heterocycles. The van der Waals surface area contributed by atoms with Crippen LogP contribution in [0.15, 0.2) is 64.2 Å². The summed E-state index contributed by atoms with van der Waals surface area (Å²) in [5, 5.41) is 3.45. The number of aryl methyl sites for hydroxylation is 2.